The van der Waals surface area contributed by atoms with Crippen molar-refractivity contribution in [3.8, 4) is 0 Å². The first kappa shape index (κ1) is 13.9. The zero-order chi connectivity index (χ0) is 15.4. The number of pyridine rings is 1. The second-order valence-electron chi connectivity index (χ2n) is 4.74. The van der Waals surface area contributed by atoms with E-state index in [0.717, 1.165) is 18.7 Å². The van der Waals surface area contributed by atoms with Gasteiger partial charge in [-0.15, -0.1) is 5.10 Å². The van der Waals surface area contributed by atoms with Crippen molar-refractivity contribution in [2.75, 3.05) is 11.9 Å². The summed E-state index contributed by atoms with van der Waals surface area (Å²) in [5.41, 5.74) is 1.47. The van der Waals surface area contributed by atoms with E-state index in [0.29, 0.717) is 17.4 Å². The van der Waals surface area contributed by atoms with Crippen LogP contribution in [0.4, 0.5) is 11.4 Å². The first-order valence-electron chi connectivity index (χ1n) is 6.86. The molecule has 0 atom stereocenters. The molecule has 0 saturated carbocycles. The number of hydrogen-bond acceptors (Lipinski definition) is 6. The molecule has 3 rings (SSSR count). The second-order valence-corrected chi connectivity index (χ2v) is 4.74. The lowest BCUT2D eigenvalue weighted by molar-refractivity contribution is -0.383. The third-order valence-corrected chi connectivity index (χ3v) is 3.29. The number of nitro groups is 1. The van der Waals surface area contributed by atoms with Gasteiger partial charge < -0.3 is 5.32 Å². The Morgan fingerprint density at radius 1 is 1.27 bits per heavy atom. The van der Waals surface area contributed by atoms with Crippen LogP contribution >= 0.6 is 0 Å². The minimum absolute atomic E-state index is 0.0660. The van der Waals surface area contributed by atoms with Crippen LogP contribution in [0.25, 0.3) is 10.9 Å². The van der Waals surface area contributed by atoms with E-state index in [1.165, 1.54) is 6.07 Å². The Labute approximate surface area is 125 Å². The molecular weight excluding hydrogens is 284 g/mol. The van der Waals surface area contributed by atoms with E-state index >= 15 is 0 Å². The highest BCUT2D eigenvalue weighted by Gasteiger charge is 2.14. The summed E-state index contributed by atoms with van der Waals surface area (Å²) in [5, 5.41) is 22.5. The smallest absolute Gasteiger partial charge is 0.278 e. The van der Waals surface area contributed by atoms with E-state index < -0.39 is 4.92 Å². The quantitative estimate of drug-likeness (QED) is 0.425. The van der Waals surface area contributed by atoms with Crippen molar-refractivity contribution in [1.29, 1.82) is 0 Å². The molecule has 22 heavy (non-hydrogen) atoms. The van der Waals surface area contributed by atoms with Gasteiger partial charge in [0.1, 0.15) is 5.52 Å². The molecule has 0 amide bonds. The van der Waals surface area contributed by atoms with Gasteiger partial charge in [-0.3, -0.25) is 19.8 Å². The fraction of sp³-hybridized carbons (Fsp3) is 0.214. The van der Waals surface area contributed by atoms with Crippen molar-refractivity contribution >= 4 is 22.3 Å². The topological polar surface area (TPSA) is 98.8 Å². The molecule has 0 spiro atoms. The Balaban J connectivity index is 1.74. The minimum atomic E-state index is -0.390. The molecule has 112 valence electrons. The van der Waals surface area contributed by atoms with Crippen LogP contribution in [0.1, 0.15) is 6.42 Å². The third-order valence-electron chi connectivity index (χ3n) is 3.29. The molecule has 3 aromatic rings. The first-order valence-corrected chi connectivity index (χ1v) is 6.86. The lowest BCUT2D eigenvalue weighted by Gasteiger charge is -2.09. The Bertz CT molecular complexity index is 787. The van der Waals surface area contributed by atoms with Crippen molar-refractivity contribution in [2.24, 2.45) is 0 Å². The molecule has 0 fully saturated rings. The number of anilines is 1. The number of aryl methyl sites for hydroxylation is 1. The van der Waals surface area contributed by atoms with Gasteiger partial charge in [0.25, 0.3) is 5.69 Å². The summed E-state index contributed by atoms with van der Waals surface area (Å²) in [4.78, 5) is 14.9. The number of rotatable bonds is 6. The Morgan fingerprint density at radius 2 is 2.18 bits per heavy atom. The number of benzene rings is 1. The maximum Gasteiger partial charge on any atom is 0.278 e. The summed E-state index contributed by atoms with van der Waals surface area (Å²) >= 11 is 0. The largest absolute Gasteiger partial charge is 0.383 e. The number of hydrogen-bond donors (Lipinski definition) is 1. The van der Waals surface area contributed by atoms with Gasteiger partial charge in [-0.1, -0.05) is 5.21 Å². The van der Waals surface area contributed by atoms with E-state index in [9.17, 15) is 10.1 Å². The highest BCUT2D eigenvalue weighted by Crippen LogP contribution is 2.29. The van der Waals surface area contributed by atoms with E-state index in [4.69, 9.17) is 0 Å². The summed E-state index contributed by atoms with van der Waals surface area (Å²) in [6.45, 7) is 1.47. The van der Waals surface area contributed by atoms with E-state index in [-0.39, 0.29) is 5.69 Å². The van der Waals surface area contributed by atoms with Gasteiger partial charge in [0.2, 0.25) is 0 Å². The van der Waals surface area contributed by atoms with Crippen molar-refractivity contribution in [1.82, 2.24) is 20.0 Å². The lowest BCUT2D eigenvalue weighted by Crippen LogP contribution is -2.08. The van der Waals surface area contributed by atoms with Gasteiger partial charge in [0, 0.05) is 31.5 Å². The number of aromatic nitrogens is 4. The molecule has 1 aromatic carbocycles. The normalized spacial score (nSPS) is 10.7. The standard InChI is InChI=1S/C14H14N6O2/c21-20(22)13-5-4-12(14-11(13)3-1-6-16-14)15-7-2-9-19-10-8-17-18-19/h1,3-6,8,10,15H,2,7,9H2. The monoisotopic (exact) mass is 298 g/mol. The number of fused-ring (bicyclic) bond motifs is 1. The van der Waals surface area contributed by atoms with E-state index in [2.05, 4.69) is 20.6 Å². The van der Waals surface area contributed by atoms with Crippen LogP contribution in [0.15, 0.2) is 42.9 Å². The summed E-state index contributed by atoms with van der Waals surface area (Å²) in [6.07, 6.45) is 5.94. The molecule has 0 unspecified atom stereocenters. The molecule has 2 aromatic heterocycles. The molecule has 0 saturated heterocycles. The maximum atomic E-state index is 11.1. The second kappa shape index (κ2) is 6.17. The number of non-ortho nitro benzene ring substituents is 1. The van der Waals surface area contributed by atoms with Crippen LogP contribution in [-0.4, -0.2) is 31.4 Å². The summed E-state index contributed by atoms with van der Waals surface area (Å²) in [6, 6.07) is 6.61. The SMILES string of the molecule is O=[N+]([O-])c1ccc(NCCCn2ccnn2)c2ncccc12. The fourth-order valence-electron chi connectivity index (χ4n) is 2.28. The van der Waals surface area contributed by atoms with Crippen molar-refractivity contribution in [3.05, 3.63) is 53.0 Å². The molecule has 0 radical (unpaired) electrons. The fourth-order valence-corrected chi connectivity index (χ4v) is 2.28. The molecule has 1 N–H and O–H groups in total. The molecule has 0 aliphatic rings. The van der Waals surface area contributed by atoms with Gasteiger partial charge >= 0.3 is 0 Å². The van der Waals surface area contributed by atoms with Crippen LogP contribution in [0.3, 0.4) is 0 Å². The van der Waals surface area contributed by atoms with Crippen molar-refractivity contribution in [3.63, 3.8) is 0 Å². The van der Waals surface area contributed by atoms with Crippen LogP contribution in [-0.2, 0) is 6.54 Å². The lowest BCUT2D eigenvalue weighted by atomic mass is 10.1. The van der Waals surface area contributed by atoms with Crippen LogP contribution in [0.5, 0.6) is 0 Å². The van der Waals surface area contributed by atoms with Crippen LogP contribution < -0.4 is 5.32 Å². The van der Waals surface area contributed by atoms with Gasteiger partial charge in [0.15, 0.2) is 0 Å². The van der Waals surface area contributed by atoms with Crippen LogP contribution in [0, 0.1) is 10.1 Å². The van der Waals surface area contributed by atoms with E-state index in [1.54, 1.807) is 35.3 Å². The molecule has 8 nitrogen and oxygen atoms in total. The molecular formula is C14H14N6O2. The minimum Gasteiger partial charge on any atom is -0.383 e. The Hall–Kier alpha value is -3.03. The van der Waals surface area contributed by atoms with Crippen molar-refractivity contribution in [2.45, 2.75) is 13.0 Å². The Kier molecular flexibility index (Phi) is 3.90. The average Bonchev–Trinajstić information content (AvgIpc) is 3.04. The molecule has 0 aliphatic heterocycles. The zero-order valence-corrected chi connectivity index (χ0v) is 11.7. The average molecular weight is 298 g/mol. The summed E-state index contributed by atoms with van der Waals surface area (Å²) in [7, 11) is 0. The number of nitrogens with zero attached hydrogens (tertiary/aromatic N) is 5. The molecule has 0 aliphatic carbocycles. The predicted octanol–water partition coefficient (Wildman–Crippen LogP) is 2.24. The molecule has 8 heteroatoms. The highest BCUT2D eigenvalue weighted by molar-refractivity contribution is 5.96. The van der Waals surface area contributed by atoms with E-state index in [1.807, 2.05) is 6.20 Å². The predicted molar refractivity (Wildman–Crippen MR) is 81.5 cm³/mol. The van der Waals surface area contributed by atoms with Gasteiger partial charge in [-0.2, -0.15) is 0 Å². The summed E-state index contributed by atoms with van der Waals surface area (Å²) < 4.78 is 1.76. The molecule has 0 bridgehead atoms. The first-order chi connectivity index (χ1) is 10.8. The zero-order valence-electron chi connectivity index (χ0n) is 11.7. The van der Waals surface area contributed by atoms with Gasteiger partial charge in [-0.25, -0.2) is 0 Å². The maximum absolute atomic E-state index is 11.1. The van der Waals surface area contributed by atoms with Gasteiger partial charge in [0.05, 0.1) is 22.2 Å². The summed E-state index contributed by atoms with van der Waals surface area (Å²) in [5.74, 6) is 0. The number of nitro benzene ring substituents is 1. The third kappa shape index (κ3) is 2.85. The number of nitrogens with one attached hydrogen (secondary N) is 1. The van der Waals surface area contributed by atoms with Crippen LogP contribution in [0.2, 0.25) is 0 Å². The Morgan fingerprint density at radius 3 is 2.95 bits per heavy atom. The van der Waals surface area contributed by atoms with Crippen molar-refractivity contribution < 1.29 is 4.92 Å². The van der Waals surface area contributed by atoms with Gasteiger partial charge in [-0.05, 0) is 24.6 Å². The highest BCUT2D eigenvalue weighted by atomic mass is 16.6. The molecule has 2 heterocycles.